The van der Waals surface area contributed by atoms with E-state index in [2.05, 4.69) is 5.32 Å². The Bertz CT molecular complexity index is 1600. The molecule has 1 aliphatic heterocycles. The molecule has 0 spiro atoms. The zero-order chi connectivity index (χ0) is 28.5. The first-order valence-electron chi connectivity index (χ1n) is 13.3. The highest BCUT2D eigenvalue weighted by atomic mass is 35.5. The molecule has 4 aromatic carbocycles. The summed E-state index contributed by atoms with van der Waals surface area (Å²) in [7, 11) is 0. The molecule has 1 heterocycles. The van der Waals surface area contributed by atoms with E-state index in [-0.39, 0.29) is 6.42 Å². The molecule has 0 saturated carbocycles. The average Bonchev–Trinajstić information content (AvgIpc) is 3.27. The number of likely N-dealkylation sites (tertiary alicyclic amines) is 1. The van der Waals surface area contributed by atoms with Crippen molar-refractivity contribution < 1.29 is 18.8 Å². The molecular formula is C33H23Cl2FN2O3. The van der Waals surface area contributed by atoms with Crippen LogP contribution in [0.3, 0.4) is 0 Å². The second-order valence-corrected chi connectivity index (χ2v) is 11.9. The third-order valence-corrected chi connectivity index (χ3v) is 9.90. The fourth-order valence-corrected chi connectivity index (χ4v) is 7.99. The molecule has 5 nitrogen and oxygen atoms in total. The molecule has 8 rings (SSSR count). The molecule has 0 aromatic heterocycles. The summed E-state index contributed by atoms with van der Waals surface area (Å²) in [5.41, 5.74) is 3.86. The van der Waals surface area contributed by atoms with Gasteiger partial charge < -0.3 is 5.32 Å². The summed E-state index contributed by atoms with van der Waals surface area (Å²) < 4.78 is 13.5. The number of alkyl halides is 2. The Morgan fingerprint density at radius 1 is 0.732 bits per heavy atom. The average molecular weight is 585 g/mol. The van der Waals surface area contributed by atoms with E-state index in [0.29, 0.717) is 27.9 Å². The number of nitrogens with one attached hydrogen (secondary N) is 1. The van der Waals surface area contributed by atoms with Crippen molar-refractivity contribution in [3.8, 4) is 0 Å². The van der Waals surface area contributed by atoms with Crippen molar-refractivity contribution in [1.29, 1.82) is 0 Å². The SMILES string of the molecule is O=C(Nc1ccc(F)cc1)[C@H](Cc1ccccc1)N1C(=O)[C@H]2[C@H](C1=O)C1(Cl)c3ccccc3C2(Cl)c2ccccc21. The van der Waals surface area contributed by atoms with Crippen LogP contribution in [-0.4, -0.2) is 28.7 Å². The fourth-order valence-electron chi connectivity index (χ4n) is 6.89. The second-order valence-electron chi connectivity index (χ2n) is 10.7. The first kappa shape index (κ1) is 25.9. The molecule has 1 saturated heterocycles. The normalized spacial score (nSPS) is 26.3. The van der Waals surface area contributed by atoms with E-state index >= 15 is 0 Å². The Kier molecular flexibility index (Phi) is 5.86. The highest BCUT2D eigenvalue weighted by Gasteiger charge is 2.73. The fraction of sp³-hybridized carbons (Fsp3) is 0.182. The van der Waals surface area contributed by atoms with Crippen LogP contribution in [-0.2, 0) is 30.6 Å². The van der Waals surface area contributed by atoms with Gasteiger partial charge in [-0.25, -0.2) is 4.39 Å². The minimum absolute atomic E-state index is 0.0786. The lowest BCUT2D eigenvalue weighted by Gasteiger charge is -2.54. The van der Waals surface area contributed by atoms with Crippen LogP contribution in [0.15, 0.2) is 103 Å². The largest absolute Gasteiger partial charge is 0.324 e. The molecule has 0 radical (unpaired) electrons. The molecule has 1 fully saturated rings. The molecule has 2 bridgehead atoms. The number of hydrogen-bond acceptors (Lipinski definition) is 3. The number of hydrogen-bond donors (Lipinski definition) is 1. The standard InChI is InChI=1S/C33H23Cl2FN2O3/c34-32-22-10-4-5-11-23(22)33(35,25-13-7-6-12-24(25)32)28-27(32)30(40)38(31(28)41)26(18-19-8-2-1-3-9-19)29(39)37-21-16-14-20(36)15-17-21/h1-17,26-28H,18H2,(H,37,39)/t26-,27+,28+,32?,33?/m0/s1. The van der Waals surface area contributed by atoms with Gasteiger partial charge in [0.15, 0.2) is 0 Å². The monoisotopic (exact) mass is 584 g/mol. The van der Waals surface area contributed by atoms with E-state index in [1.165, 1.54) is 24.3 Å². The maximum atomic E-state index is 14.5. The van der Waals surface area contributed by atoms with Crippen LogP contribution in [0, 0.1) is 17.7 Å². The van der Waals surface area contributed by atoms with Gasteiger partial charge >= 0.3 is 0 Å². The Morgan fingerprint density at radius 3 is 1.63 bits per heavy atom. The smallest absolute Gasteiger partial charge is 0.248 e. The van der Waals surface area contributed by atoms with Crippen LogP contribution < -0.4 is 5.32 Å². The number of nitrogens with zero attached hydrogens (tertiary/aromatic N) is 1. The minimum atomic E-state index is -1.35. The summed E-state index contributed by atoms with van der Waals surface area (Å²) in [6.45, 7) is 0. The lowest BCUT2D eigenvalue weighted by Crippen LogP contribution is -2.57. The molecule has 8 heteroatoms. The van der Waals surface area contributed by atoms with E-state index in [0.717, 1.165) is 10.5 Å². The van der Waals surface area contributed by atoms with Crippen molar-refractivity contribution in [2.45, 2.75) is 22.2 Å². The Labute approximate surface area is 245 Å². The quantitative estimate of drug-likeness (QED) is 0.232. The van der Waals surface area contributed by atoms with E-state index in [1.807, 2.05) is 78.9 Å². The summed E-state index contributed by atoms with van der Waals surface area (Å²) in [6.07, 6.45) is 0.0786. The van der Waals surface area contributed by atoms with Gasteiger partial charge in [-0.3, -0.25) is 19.3 Å². The third kappa shape index (κ3) is 3.57. The molecule has 41 heavy (non-hydrogen) atoms. The van der Waals surface area contributed by atoms with Gasteiger partial charge in [0, 0.05) is 12.1 Å². The van der Waals surface area contributed by atoms with Crippen LogP contribution in [0.4, 0.5) is 10.1 Å². The van der Waals surface area contributed by atoms with E-state index < -0.39 is 51.2 Å². The molecule has 3 aliphatic carbocycles. The number of imide groups is 1. The number of amides is 3. The van der Waals surface area contributed by atoms with E-state index in [9.17, 15) is 18.8 Å². The highest BCUT2D eigenvalue weighted by molar-refractivity contribution is 6.36. The van der Waals surface area contributed by atoms with Crippen LogP contribution in [0.5, 0.6) is 0 Å². The van der Waals surface area contributed by atoms with Crippen molar-refractivity contribution in [3.63, 3.8) is 0 Å². The summed E-state index contributed by atoms with van der Waals surface area (Å²) in [6, 6.07) is 28.1. The van der Waals surface area contributed by atoms with Gasteiger partial charge in [0.2, 0.25) is 17.7 Å². The highest BCUT2D eigenvalue weighted by Crippen LogP contribution is 2.69. The Hall–Kier alpha value is -4.00. The summed E-state index contributed by atoms with van der Waals surface area (Å²) >= 11 is 15.1. The number of rotatable bonds is 5. The molecule has 4 aromatic rings. The van der Waals surface area contributed by atoms with Crippen molar-refractivity contribution in [1.82, 2.24) is 4.90 Å². The van der Waals surface area contributed by atoms with Gasteiger partial charge in [-0.15, -0.1) is 23.2 Å². The zero-order valence-corrected chi connectivity index (χ0v) is 23.1. The molecule has 0 unspecified atom stereocenters. The predicted octanol–water partition coefficient (Wildman–Crippen LogP) is 5.97. The van der Waals surface area contributed by atoms with Crippen LogP contribution in [0.1, 0.15) is 27.8 Å². The first-order chi connectivity index (χ1) is 19.8. The third-order valence-electron chi connectivity index (χ3n) is 8.62. The Morgan fingerprint density at radius 2 is 1.17 bits per heavy atom. The maximum Gasteiger partial charge on any atom is 0.248 e. The molecule has 3 atom stereocenters. The van der Waals surface area contributed by atoms with Crippen LogP contribution in [0.2, 0.25) is 0 Å². The van der Waals surface area contributed by atoms with Crippen molar-refractivity contribution >= 4 is 46.6 Å². The number of benzene rings is 4. The van der Waals surface area contributed by atoms with Crippen LogP contribution >= 0.6 is 23.2 Å². The number of carbonyl (C=O) groups excluding carboxylic acids is 3. The van der Waals surface area contributed by atoms with Gasteiger partial charge in [0.05, 0.1) is 11.8 Å². The van der Waals surface area contributed by atoms with Crippen molar-refractivity contribution in [2.75, 3.05) is 5.32 Å². The second kappa shape index (κ2) is 9.26. The van der Waals surface area contributed by atoms with Gasteiger partial charge in [-0.05, 0) is 52.1 Å². The topological polar surface area (TPSA) is 66.5 Å². The van der Waals surface area contributed by atoms with Gasteiger partial charge in [-0.1, -0.05) is 78.9 Å². The van der Waals surface area contributed by atoms with Crippen molar-refractivity contribution in [3.05, 3.63) is 137 Å². The summed E-state index contributed by atoms with van der Waals surface area (Å²) in [5, 5.41) is 2.76. The Balaban J connectivity index is 1.36. The minimum Gasteiger partial charge on any atom is -0.324 e. The lowest BCUT2D eigenvalue weighted by molar-refractivity contribution is -0.146. The van der Waals surface area contributed by atoms with Crippen LogP contribution in [0.25, 0.3) is 0 Å². The van der Waals surface area contributed by atoms with Gasteiger partial charge in [0.25, 0.3) is 0 Å². The first-order valence-corrected chi connectivity index (χ1v) is 14.1. The zero-order valence-electron chi connectivity index (χ0n) is 21.6. The van der Waals surface area contributed by atoms with E-state index in [4.69, 9.17) is 23.2 Å². The molecule has 204 valence electrons. The maximum absolute atomic E-state index is 14.5. The van der Waals surface area contributed by atoms with E-state index in [1.54, 1.807) is 0 Å². The lowest BCUT2D eigenvalue weighted by atomic mass is 9.54. The van der Waals surface area contributed by atoms with Gasteiger partial charge in [0.1, 0.15) is 21.6 Å². The van der Waals surface area contributed by atoms with Crippen molar-refractivity contribution in [2.24, 2.45) is 11.8 Å². The molecule has 1 N–H and O–H groups in total. The number of halogens is 3. The molecular weight excluding hydrogens is 562 g/mol. The summed E-state index contributed by atoms with van der Waals surface area (Å²) in [5.74, 6) is -4.15. The van der Waals surface area contributed by atoms with Gasteiger partial charge in [-0.2, -0.15) is 0 Å². The number of anilines is 1. The molecule has 3 amide bonds. The predicted molar refractivity (Wildman–Crippen MR) is 154 cm³/mol. The number of carbonyl (C=O) groups is 3. The summed E-state index contributed by atoms with van der Waals surface area (Å²) in [4.78, 5) is 41.2. The molecule has 4 aliphatic rings.